The van der Waals surface area contributed by atoms with Crippen LogP contribution in [-0.4, -0.2) is 53.1 Å². The van der Waals surface area contributed by atoms with Crippen molar-refractivity contribution < 1.29 is 38.1 Å². The number of amides is 1. The van der Waals surface area contributed by atoms with Gasteiger partial charge in [-0.3, -0.25) is 14.5 Å². The Hall–Kier alpha value is -3.59. The smallest absolute Gasteiger partial charge is 0.414 e. The first-order valence-corrected chi connectivity index (χ1v) is 14.1. The molecule has 1 aliphatic carbocycles. The Balaban J connectivity index is 1.36. The number of aryl methyl sites for hydroxylation is 1. The summed E-state index contributed by atoms with van der Waals surface area (Å²) >= 11 is 0. The van der Waals surface area contributed by atoms with Crippen LogP contribution in [0.25, 0.3) is 11.1 Å². The molecule has 0 radical (unpaired) electrons. The number of cyclic esters (lactones) is 1. The van der Waals surface area contributed by atoms with E-state index in [1.807, 2.05) is 12.1 Å². The number of hydrogen-bond donors (Lipinski definition) is 1. The molecule has 2 aromatic rings. The number of ketones is 2. The summed E-state index contributed by atoms with van der Waals surface area (Å²) in [6.45, 7) is 7.07. The van der Waals surface area contributed by atoms with E-state index < -0.39 is 47.5 Å². The molecule has 0 aromatic heterocycles. The van der Waals surface area contributed by atoms with Gasteiger partial charge in [0.25, 0.3) is 0 Å². The van der Waals surface area contributed by atoms with Gasteiger partial charge in [-0.25, -0.2) is 9.18 Å². The lowest BCUT2D eigenvalue weighted by Gasteiger charge is -2.24. The lowest BCUT2D eigenvalue weighted by atomic mass is 9.88. The summed E-state index contributed by atoms with van der Waals surface area (Å²) in [5.74, 6) is -2.19. The number of benzene rings is 2. The summed E-state index contributed by atoms with van der Waals surface area (Å²) in [5, 5.41) is 10.1. The molecule has 2 fully saturated rings. The van der Waals surface area contributed by atoms with E-state index in [1.54, 1.807) is 45.0 Å². The van der Waals surface area contributed by atoms with Crippen LogP contribution in [0.3, 0.4) is 0 Å². The van der Waals surface area contributed by atoms with Crippen LogP contribution >= 0.6 is 0 Å². The number of aliphatic hydroxyl groups is 1. The standard InChI is InChI=1S/C32H38FNO7/c1-19(35)5-12-24-18-34(31(39)40-24)22-11-13-25(28(33)15-22)21-9-6-20(7-10-21)8-14-29(37)26-16-23(36)17-27(26)30(38)41-32(2,3)4/h6-7,9-11,13,15,23-24,26-27,36H,5,8,12,14,16-18H2,1-4H3/t23-,24+,26-,27?/m1/s1. The second kappa shape index (κ2) is 12.5. The lowest BCUT2D eigenvalue weighted by Crippen LogP contribution is -2.33. The minimum atomic E-state index is -0.702. The molecule has 1 saturated carbocycles. The van der Waals surface area contributed by atoms with E-state index in [0.29, 0.717) is 36.1 Å². The topological polar surface area (TPSA) is 110 Å². The molecule has 4 rings (SSSR count). The summed E-state index contributed by atoms with van der Waals surface area (Å²) in [6, 6.07) is 11.8. The van der Waals surface area contributed by atoms with Gasteiger partial charge in [0, 0.05) is 24.3 Å². The summed E-state index contributed by atoms with van der Waals surface area (Å²) in [6.07, 6.45) is 0.238. The predicted molar refractivity (Wildman–Crippen MR) is 151 cm³/mol. The number of carbonyl (C=O) groups excluding carboxylic acids is 4. The summed E-state index contributed by atoms with van der Waals surface area (Å²) < 4.78 is 25.9. The van der Waals surface area contributed by atoms with Crippen molar-refractivity contribution in [2.24, 2.45) is 11.8 Å². The first-order valence-electron chi connectivity index (χ1n) is 14.1. The Kier molecular flexibility index (Phi) is 9.27. The van der Waals surface area contributed by atoms with Crippen molar-refractivity contribution in [1.82, 2.24) is 0 Å². The van der Waals surface area contributed by atoms with E-state index in [9.17, 15) is 24.3 Å². The predicted octanol–water partition coefficient (Wildman–Crippen LogP) is 5.42. The molecule has 4 atom stereocenters. The first kappa shape index (κ1) is 30.4. The maximum Gasteiger partial charge on any atom is 0.414 e. The second-order valence-electron chi connectivity index (χ2n) is 12.1. The highest BCUT2D eigenvalue weighted by atomic mass is 19.1. The van der Waals surface area contributed by atoms with E-state index in [4.69, 9.17) is 9.47 Å². The minimum Gasteiger partial charge on any atom is -0.460 e. The van der Waals surface area contributed by atoms with E-state index in [1.165, 1.54) is 17.9 Å². The quantitative estimate of drug-likeness (QED) is 0.382. The van der Waals surface area contributed by atoms with Crippen molar-refractivity contribution in [3.05, 3.63) is 53.8 Å². The molecule has 41 heavy (non-hydrogen) atoms. The monoisotopic (exact) mass is 567 g/mol. The van der Waals surface area contributed by atoms with Crippen molar-refractivity contribution in [3.63, 3.8) is 0 Å². The van der Waals surface area contributed by atoms with Gasteiger partial charge in [0.15, 0.2) is 0 Å². The van der Waals surface area contributed by atoms with E-state index >= 15 is 4.39 Å². The van der Waals surface area contributed by atoms with Gasteiger partial charge >= 0.3 is 12.1 Å². The molecule has 0 spiro atoms. The first-order chi connectivity index (χ1) is 19.3. The Morgan fingerprint density at radius 2 is 1.73 bits per heavy atom. The minimum absolute atomic E-state index is 0.0213. The third-order valence-corrected chi connectivity index (χ3v) is 7.54. The number of nitrogens with zero attached hydrogens (tertiary/aromatic N) is 1. The summed E-state index contributed by atoms with van der Waals surface area (Å²) in [5.41, 5.74) is 1.63. The van der Waals surface area contributed by atoms with Gasteiger partial charge in [0.2, 0.25) is 0 Å². The second-order valence-corrected chi connectivity index (χ2v) is 12.1. The van der Waals surface area contributed by atoms with Crippen LogP contribution in [0.2, 0.25) is 0 Å². The van der Waals surface area contributed by atoms with Gasteiger partial charge < -0.3 is 19.4 Å². The molecule has 1 saturated heterocycles. The highest BCUT2D eigenvalue weighted by Crippen LogP contribution is 2.36. The highest BCUT2D eigenvalue weighted by molar-refractivity contribution is 5.90. The fourth-order valence-electron chi connectivity index (χ4n) is 5.46. The Morgan fingerprint density at radius 3 is 2.37 bits per heavy atom. The van der Waals surface area contributed by atoms with Gasteiger partial charge in [-0.2, -0.15) is 0 Å². The van der Waals surface area contributed by atoms with Gasteiger partial charge in [0.05, 0.1) is 24.3 Å². The molecule has 2 aliphatic rings. The van der Waals surface area contributed by atoms with Crippen molar-refractivity contribution in [2.75, 3.05) is 11.4 Å². The summed E-state index contributed by atoms with van der Waals surface area (Å²) in [4.78, 5) is 50.5. The number of rotatable bonds is 10. The normalized spacial score (nSPS) is 22.5. The van der Waals surface area contributed by atoms with Gasteiger partial charge in [-0.15, -0.1) is 0 Å². The molecule has 0 bridgehead atoms. The molecule has 9 heteroatoms. The van der Waals surface area contributed by atoms with Crippen molar-refractivity contribution in [2.45, 2.75) is 84.0 Å². The van der Waals surface area contributed by atoms with E-state index in [2.05, 4.69) is 0 Å². The Morgan fingerprint density at radius 1 is 1.05 bits per heavy atom. The average Bonchev–Trinajstić information content (AvgIpc) is 3.48. The molecule has 1 heterocycles. The number of esters is 1. The zero-order valence-electron chi connectivity index (χ0n) is 24.0. The van der Waals surface area contributed by atoms with Crippen LogP contribution < -0.4 is 4.90 Å². The zero-order chi connectivity index (χ0) is 29.9. The number of ether oxygens (including phenoxy) is 2. The molecule has 1 aliphatic heterocycles. The van der Waals surface area contributed by atoms with Crippen molar-refractivity contribution >= 4 is 29.3 Å². The largest absolute Gasteiger partial charge is 0.460 e. The zero-order valence-corrected chi connectivity index (χ0v) is 24.0. The van der Waals surface area contributed by atoms with Crippen LogP contribution in [0.15, 0.2) is 42.5 Å². The third-order valence-electron chi connectivity index (χ3n) is 7.54. The number of anilines is 1. The molecule has 1 N–H and O–H groups in total. The lowest BCUT2D eigenvalue weighted by molar-refractivity contribution is -0.162. The molecular weight excluding hydrogens is 529 g/mol. The Bertz CT molecular complexity index is 1300. The number of carbonyl (C=O) groups is 4. The summed E-state index contributed by atoms with van der Waals surface area (Å²) in [7, 11) is 0. The van der Waals surface area contributed by atoms with E-state index in [0.717, 1.165) is 5.56 Å². The van der Waals surface area contributed by atoms with Crippen LogP contribution in [0, 0.1) is 17.7 Å². The van der Waals surface area contributed by atoms with Crippen LogP contribution in [0.5, 0.6) is 0 Å². The molecule has 2 aromatic carbocycles. The van der Waals surface area contributed by atoms with Crippen LogP contribution in [0.4, 0.5) is 14.9 Å². The van der Waals surface area contributed by atoms with Crippen molar-refractivity contribution in [3.8, 4) is 11.1 Å². The molecule has 8 nitrogen and oxygen atoms in total. The fraction of sp³-hybridized carbons (Fsp3) is 0.500. The van der Waals surface area contributed by atoms with Gasteiger partial charge in [0.1, 0.15) is 29.1 Å². The average molecular weight is 568 g/mol. The molecule has 1 unspecified atom stereocenters. The maximum absolute atomic E-state index is 15.1. The van der Waals surface area contributed by atoms with E-state index in [-0.39, 0.29) is 37.4 Å². The highest BCUT2D eigenvalue weighted by Gasteiger charge is 2.43. The molecular formula is C32H38FNO7. The number of hydrogen-bond acceptors (Lipinski definition) is 7. The SMILES string of the molecule is CC(=O)CC[C@H]1CN(c2ccc(-c3ccc(CCC(=O)[C@@H]4C[C@@H](O)CC4C(=O)OC(C)(C)C)cc3)c(F)c2)C(=O)O1. The van der Waals surface area contributed by atoms with Gasteiger partial charge in [-0.1, -0.05) is 24.3 Å². The Labute approximate surface area is 239 Å². The van der Waals surface area contributed by atoms with Crippen LogP contribution in [0.1, 0.15) is 65.4 Å². The number of aliphatic hydroxyl groups excluding tert-OH is 1. The van der Waals surface area contributed by atoms with Crippen LogP contribution in [-0.2, 0) is 30.3 Å². The third kappa shape index (κ3) is 7.79. The molecule has 1 amide bonds. The van der Waals surface area contributed by atoms with Crippen molar-refractivity contribution in [1.29, 1.82) is 0 Å². The van der Waals surface area contributed by atoms with Gasteiger partial charge in [-0.05, 0) is 82.7 Å². The maximum atomic E-state index is 15.1. The number of Topliss-reactive ketones (excluding diaryl/α,β-unsaturated/α-hetero) is 2. The molecule has 220 valence electrons. The number of halogens is 1. The fourth-order valence-corrected chi connectivity index (χ4v) is 5.46.